The van der Waals surface area contributed by atoms with Gasteiger partial charge in [-0.05, 0) is 13.3 Å². The topological polar surface area (TPSA) is 63.3 Å². The van der Waals surface area contributed by atoms with Crippen molar-refractivity contribution < 1.29 is 9.90 Å². The molecule has 0 bridgehead atoms. The van der Waals surface area contributed by atoms with E-state index in [4.69, 9.17) is 10.8 Å². The van der Waals surface area contributed by atoms with Gasteiger partial charge in [-0.3, -0.25) is 4.79 Å². The molecule has 0 heterocycles. The van der Waals surface area contributed by atoms with Gasteiger partial charge in [0.25, 0.3) is 0 Å². The van der Waals surface area contributed by atoms with Crippen LogP contribution < -0.4 is 5.73 Å². The summed E-state index contributed by atoms with van der Waals surface area (Å²) in [7, 11) is 0. The largest absolute Gasteiger partial charge is 0.384 e. The van der Waals surface area contributed by atoms with Crippen LogP contribution in [0.2, 0.25) is 0 Å². The molecule has 0 aromatic heterocycles. The van der Waals surface area contributed by atoms with Gasteiger partial charge in [0.15, 0.2) is 5.78 Å². The van der Waals surface area contributed by atoms with Crippen molar-refractivity contribution in [2.75, 3.05) is 0 Å². The molecule has 2 atom stereocenters. The third-order valence-electron chi connectivity index (χ3n) is 1.29. The molecule has 1 unspecified atom stereocenters. The predicted octanol–water partition coefficient (Wildman–Crippen LogP) is -0.326. The monoisotopic (exact) mass is 131 g/mol. The van der Waals surface area contributed by atoms with E-state index < -0.39 is 12.1 Å². The van der Waals surface area contributed by atoms with Gasteiger partial charge in [-0.25, -0.2) is 0 Å². The molecule has 0 aromatic carbocycles. The summed E-state index contributed by atoms with van der Waals surface area (Å²) < 4.78 is 0. The summed E-state index contributed by atoms with van der Waals surface area (Å²) in [6.07, 6.45) is -0.351. The standard InChI is InChI=1S/C6H13NO2/c1-3-5(7)6(9)4(2)8/h5-6,9H,3,7H2,1-2H3/t5?,6-/m1/s1. The highest BCUT2D eigenvalue weighted by molar-refractivity contribution is 5.80. The number of ketones is 1. The van der Waals surface area contributed by atoms with E-state index in [9.17, 15) is 4.79 Å². The van der Waals surface area contributed by atoms with Crippen LogP contribution in [0.3, 0.4) is 0 Å². The Kier molecular flexibility index (Phi) is 3.42. The lowest BCUT2D eigenvalue weighted by atomic mass is 10.1. The molecule has 3 nitrogen and oxygen atoms in total. The predicted molar refractivity (Wildman–Crippen MR) is 35.0 cm³/mol. The van der Waals surface area contributed by atoms with Crippen molar-refractivity contribution in [1.82, 2.24) is 0 Å². The lowest BCUT2D eigenvalue weighted by molar-refractivity contribution is -0.125. The van der Waals surface area contributed by atoms with E-state index >= 15 is 0 Å². The van der Waals surface area contributed by atoms with Crippen LogP contribution in [0, 0.1) is 0 Å². The van der Waals surface area contributed by atoms with Crippen molar-refractivity contribution in [3.63, 3.8) is 0 Å². The summed E-state index contributed by atoms with van der Waals surface area (Å²) in [4.78, 5) is 10.4. The zero-order valence-electron chi connectivity index (χ0n) is 5.79. The molecule has 0 saturated carbocycles. The number of carbonyl (C=O) groups is 1. The van der Waals surface area contributed by atoms with Crippen LogP contribution in [-0.2, 0) is 4.79 Å². The van der Waals surface area contributed by atoms with Gasteiger partial charge in [-0.2, -0.15) is 0 Å². The van der Waals surface area contributed by atoms with Crippen LogP contribution in [0.4, 0.5) is 0 Å². The molecule has 54 valence electrons. The molecular weight excluding hydrogens is 118 g/mol. The summed E-state index contributed by atoms with van der Waals surface area (Å²) in [6, 6.07) is -0.400. The molecule has 3 heteroatoms. The highest BCUT2D eigenvalue weighted by Crippen LogP contribution is 1.95. The third-order valence-corrected chi connectivity index (χ3v) is 1.29. The van der Waals surface area contributed by atoms with Gasteiger partial charge in [0.2, 0.25) is 0 Å². The first-order valence-corrected chi connectivity index (χ1v) is 3.03. The molecule has 3 N–H and O–H groups in total. The van der Waals surface area contributed by atoms with E-state index in [1.807, 2.05) is 6.92 Å². The van der Waals surface area contributed by atoms with Crippen molar-refractivity contribution >= 4 is 5.78 Å². The number of aliphatic hydroxyl groups excluding tert-OH is 1. The summed E-state index contributed by atoms with van der Waals surface area (Å²) in [5.74, 6) is -0.260. The van der Waals surface area contributed by atoms with E-state index in [0.717, 1.165) is 0 Å². The number of aliphatic hydroxyl groups is 1. The minimum atomic E-state index is -0.977. The van der Waals surface area contributed by atoms with Crippen LogP contribution in [0.25, 0.3) is 0 Å². The second kappa shape index (κ2) is 3.58. The quantitative estimate of drug-likeness (QED) is 0.551. The van der Waals surface area contributed by atoms with Crippen molar-refractivity contribution in [3.8, 4) is 0 Å². The smallest absolute Gasteiger partial charge is 0.159 e. The van der Waals surface area contributed by atoms with E-state index in [1.165, 1.54) is 6.92 Å². The van der Waals surface area contributed by atoms with E-state index in [2.05, 4.69) is 0 Å². The molecule has 0 radical (unpaired) electrons. The zero-order valence-corrected chi connectivity index (χ0v) is 5.79. The van der Waals surface area contributed by atoms with Gasteiger partial charge in [-0.15, -0.1) is 0 Å². The van der Waals surface area contributed by atoms with Gasteiger partial charge in [0, 0.05) is 6.04 Å². The average Bonchev–Trinajstić information content (AvgIpc) is 1.84. The van der Waals surface area contributed by atoms with Crippen LogP contribution in [-0.4, -0.2) is 23.0 Å². The van der Waals surface area contributed by atoms with Crippen LogP contribution in [0.1, 0.15) is 20.3 Å². The fraction of sp³-hybridized carbons (Fsp3) is 0.833. The zero-order chi connectivity index (χ0) is 7.44. The Hall–Kier alpha value is -0.410. The number of nitrogens with two attached hydrogens (primary N) is 1. The summed E-state index contributed by atoms with van der Waals surface area (Å²) in [6.45, 7) is 3.16. The Bertz CT molecular complexity index is 103. The Labute approximate surface area is 54.9 Å². The van der Waals surface area contributed by atoms with Crippen LogP contribution >= 0.6 is 0 Å². The number of rotatable bonds is 3. The van der Waals surface area contributed by atoms with Crippen molar-refractivity contribution in [3.05, 3.63) is 0 Å². The van der Waals surface area contributed by atoms with Crippen molar-refractivity contribution in [1.29, 1.82) is 0 Å². The fourth-order valence-corrected chi connectivity index (χ4v) is 0.525. The number of Topliss-reactive ketones (excluding diaryl/α,β-unsaturated/α-hetero) is 1. The summed E-state index contributed by atoms with van der Waals surface area (Å²) in [5.41, 5.74) is 5.35. The minimum Gasteiger partial charge on any atom is -0.384 e. The molecule has 0 spiro atoms. The molecule has 9 heavy (non-hydrogen) atoms. The van der Waals surface area contributed by atoms with Crippen LogP contribution in [0.15, 0.2) is 0 Å². The third kappa shape index (κ3) is 2.58. The van der Waals surface area contributed by atoms with E-state index in [0.29, 0.717) is 6.42 Å². The van der Waals surface area contributed by atoms with Gasteiger partial charge in [0.05, 0.1) is 0 Å². The van der Waals surface area contributed by atoms with Gasteiger partial charge < -0.3 is 10.8 Å². The lowest BCUT2D eigenvalue weighted by Gasteiger charge is -2.12. The highest BCUT2D eigenvalue weighted by Gasteiger charge is 2.16. The molecule has 0 aliphatic heterocycles. The van der Waals surface area contributed by atoms with Crippen molar-refractivity contribution in [2.24, 2.45) is 5.73 Å². The molecule has 0 aliphatic carbocycles. The maximum atomic E-state index is 10.4. The first-order chi connectivity index (χ1) is 4.09. The molecular formula is C6H13NO2. The molecule has 0 rings (SSSR count). The van der Waals surface area contributed by atoms with Gasteiger partial charge in [-0.1, -0.05) is 6.92 Å². The Morgan fingerprint density at radius 3 is 2.33 bits per heavy atom. The summed E-state index contributed by atoms with van der Waals surface area (Å²) in [5, 5.41) is 8.92. The Morgan fingerprint density at radius 1 is 1.78 bits per heavy atom. The lowest BCUT2D eigenvalue weighted by Crippen LogP contribution is -2.38. The SMILES string of the molecule is CCC(N)[C@H](O)C(C)=O. The second-order valence-electron chi connectivity index (χ2n) is 2.13. The minimum absolute atomic E-state index is 0.260. The summed E-state index contributed by atoms with van der Waals surface area (Å²) >= 11 is 0. The second-order valence-corrected chi connectivity index (χ2v) is 2.13. The van der Waals surface area contributed by atoms with Crippen molar-refractivity contribution in [2.45, 2.75) is 32.4 Å². The molecule has 0 amide bonds. The number of hydrogen-bond donors (Lipinski definition) is 2. The average molecular weight is 131 g/mol. The first kappa shape index (κ1) is 8.59. The Morgan fingerprint density at radius 2 is 2.22 bits per heavy atom. The van der Waals surface area contributed by atoms with Crippen LogP contribution in [0.5, 0.6) is 0 Å². The fourth-order valence-electron chi connectivity index (χ4n) is 0.525. The number of hydrogen-bond acceptors (Lipinski definition) is 3. The van der Waals surface area contributed by atoms with E-state index in [1.54, 1.807) is 0 Å². The first-order valence-electron chi connectivity index (χ1n) is 3.03. The maximum absolute atomic E-state index is 10.4. The van der Waals surface area contributed by atoms with E-state index in [-0.39, 0.29) is 5.78 Å². The molecule has 0 fully saturated rings. The Balaban J connectivity index is 3.72. The molecule has 0 aromatic rings. The number of carbonyl (C=O) groups excluding carboxylic acids is 1. The molecule has 0 saturated heterocycles. The highest BCUT2D eigenvalue weighted by atomic mass is 16.3. The van der Waals surface area contributed by atoms with Gasteiger partial charge in [0.1, 0.15) is 6.10 Å². The van der Waals surface area contributed by atoms with Gasteiger partial charge >= 0.3 is 0 Å². The normalized spacial score (nSPS) is 16.9. The maximum Gasteiger partial charge on any atom is 0.159 e. The molecule has 0 aliphatic rings.